The fourth-order valence-electron chi connectivity index (χ4n) is 1.52. The third kappa shape index (κ3) is 1.78. The van der Waals surface area contributed by atoms with E-state index in [-0.39, 0.29) is 0 Å². The molecule has 2 atom stereocenters. The van der Waals surface area contributed by atoms with Crippen molar-refractivity contribution >= 4 is 17.3 Å². The van der Waals surface area contributed by atoms with Crippen LogP contribution in [0.3, 0.4) is 0 Å². The van der Waals surface area contributed by atoms with E-state index in [2.05, 4.69) is 11.9 Å². The molecule has 1 heterocycles. The first-order valence-corrected chi connectivity index (χ1v) is 6.00. The highest BCUT2D eigenvalue weighted by Gasteiger charge is 2.38. The molecule has 82 valence electrons. The maximum Gasteiger partial charge on any atom is 0.315 e. The molecule has 2 unspecified atom stereocenters. The minimum absolute atomic E-state index is 0.577. The predicted molar refractivity (Wildman–Crippen MR) is 59.3 cm³/mol. The van der Waals surface area contributed by atoms with Crippen LogP contribution in [0.4, 0.5) is 0 Å². The van der Waals surface area contributed by atoms with Crippen molar-refractivity contribution in [2.24, 2.45) is 5.92 Å². The van der Waals surface area contributed by atoms with Gasteiger partial charge in [-0.3, -0.25) is 4.79 Å². The SMILES string of the molecule is CC1CC1c1nc(C(C)(C)C(=O)O)cs1. The molecule has 2 rings (SSSR count). The van der Waals surface area contributed by atoms with E-state index in [1.807, 2.05) is 5.38 Å². The fourth-order valence-corrected chi connectivity index (χ4v) is 2.75. The molecule has 1 aromatic heterocycles. The van der Waals surface area contributed by atoms with Gasteiger partial charge in [0.15, 0.2) is 0 Å². The van der Waals surface area contributed by atoms with Crippen molar-refractivity contribution in [2.75, 3.05) is 0 Å². The van der Waals surface area contributed by atoms with Crippen molar-refractivity contribution < 1.29 is 9.90 Å². The Morgan fingerprint density at radius 1 is 1.67 bits per heavy atom. The van der Waals surface area contributed by atoms with Crippen LogP contribution in [0.1, 0.15) is 43.8 Å². The molecular weight excluding hydrogens is 210 g/mol. The van der Waals surface area contributed by atoms with Gasteiger partial charge in [-0.15, -0.1) is 11.3 Å². The maximum absolute atomic E-state index is 11.0. The first-order chi connectivity index (χ1) is 6.93. The lowest BCUT2D eigenvalue weighted by Gasteiger charge is -2.15. The molecule has 0 aromatic carbocycles. The molecule has 4 heteroatoms. The summed E-state index contributed by atoms with van der Waals surface area (Å²) < 4.78 is 0. The van der Waals surface area contributed by atoms with Gasteiger partial charge in [-0.25, -0.2) is 4.98 Å². The minimum atomic E-state index is -0.868. The van der Waals surface area contributed by atoms with Crippen LogP contribution in [0.25, 0.3) is 0 Å². The zero-order valence-electron chi connectivity index (χ0n) is 9.15. The van der Waals surface area contributed by atoms with E-state index in [9.17, 15) is 4.79 Å². The van der Waals surface area contributed by atoms with Crippen LogP contribution in [-0.4, -0.2) is 16.1 Å². The van der Waals surface area contributed by atoms with Gasteiger partial charge in [-0.2, -0.15) is 0 Å². The summed E-state index contributed by atoms with van der Waals surface area (Å²) in [6.07, 6.45) is 1.19. The maximum atomic E-state index is 11.0. The third-order valence-electron chi connectivity index (χ3n) is 3.12. The number of hydrogen-bond acceptors (Lipinski definition) is 3. The standard InChI is InChI=1S/C11H15NO2S/c1-6-4-7(6)9-12-8(5-15-9)11(2,3)10(13)14/h5-7H,4H2,1-3H3,(H,13,14). The van der Waals surface area contributed by atoms with Crippen LogP contribution in [0.2, 0.25) is 0 Å². The molecule has 0 saturated heterocycles. The second-order valence-electron chi connectivity index (χ2n) is 4.82. The molecule has 0 amide bonds. The van der Waals surface area contributed by atoms with Gasteiger partial charge >= 0.3 is 5.97 Å². The van der Waals surface area contributed by atoms with E-state index in [1.165, 1.54) is 6.42 Å². The number of thiazole rings is 1. The molecule has 0 radical (unpaired) electrons. The molecule has 0 spiro atoms. The summed E-state index contributed by atoms with van der Waals surface area (Å²) in [7, 11) is 0. The average Bonchev–Trinajstić information content (AvgIpc) is 2.69. The molecule has 1 saturated carbocycles. The van der Waals surface area contributed by atoms with Crippen LogP contribution in [0.5, 0.6) is 0 Å². The van der Waals surface area contributed by atoms with Gasteiger partial charge in [0, 0.05) is 11.3 Å². The normalized spacial score (nSPS) is 25.3. The predicted octanol–water partition coefficient (Wildman–Crippen LogP) is 2.63. The Bertz CT molecular complexity index is 397. The zero-order valence-corrected chi connectivity index (χ0v) is 9.97. The summed E-state index contributed by atoms with van der Waals surface area (Å²) in [6.45, 7) is 5.60. The molecular formula is C11H15NO2S. The fraction of sp³-hybridized carbons (Fsp3) is 0.636. The molecule has 0 bridgehead atoms. The van der Waals surface area contributed by atoms with Crippen molar-refractivity contribution in [3.63, 3.8) is 0 Å². The highest BCUT2D eigenvalue weighted by atomic mass is 32.1. The van der Waals surface area contributed by atoms with E-state index in [1.54, 1.807) is 25.2 Å². The lowest BCUT2D eigenvalue weighted by molar-refractivity contribution is -0.142. The zero-order chi connectivity index (χ0) is 11.2. The number of carboxylic acid groups (broad SMARTS) is 1. The van der Waals surface area contributed by atoms with Gasteiger partial charge in [-0.05, 0) is 26.2 Å². The van der Waals surface area contributed by atoms with Crippen molar-refractivity contribution in [2.45, 2.75) is 38.5 Å². The molecule has 3 nitrogen and oxygen atoms in total. The number of carboxylic acids is 1. The molecule has 1 aliphatic carbocycles. The van der Waals surface area contributed by atoms with Crippen molar-refractivity contribution in [3.05, 3.63) is 16.1 Å². The smallest absolute Gasteiger partial charge is 0.315 e. The van der Waals surface area contributed by atoms with E-state index in [4.69, 9.17) is 5.11 Å². The molecule has 15 heavy (non-hydrogen) atoms. The number of hydrogen-bond donors (Lipinski definition) is 1. The molecule has 1 fully saturated rings. The van der Waals surface area contributed by atoms with Crippen molar-refractivity contribution in [1.82, 2.24) is 4.98 Å². The van der Waals surface area contributed by atoms with Gasteiger partial charge in [0.05, 0.1) is 10.7 Å². The molecule has 1 aliphatic rings. The van der Waals surface area contributed by atoms with Crippen molar-refractivity contribution in [1.29, 1.82) is 0 Å². The van der Waals surface area contributed by atoms with Gasteiger partial charge in [0.25, 0.3) is 0 Å². The summed E-state index contributed by atoms with van der Waals surface area (Å²) in [4.78, 5) is 15.5. The highest BCUT2D eigenvalue weighted by molar-refractivity contribution is 7.09. The Morgan fingerprint density at radius 2 is 2.27 bits per heavy atom. The van der Waals surface area contributed by atoms with Gasteiger partial charge in [0.2, 0.25) is 0 Å². The summed E-state index contributed by atoms with van der Waals surface area (Å²) in [5.41, 5.74) is -0.179. The molecule has 0 aliphatic heterocycles. The number of aliphatic carboxylic acids is 1. The number of nitrogens with zero attached hydrogens (tertiary/aromatic N) is 1. The van der Waals surface area contributed by atoms with Crippen LogP contribution in [0.15, 0.2) is 5.38 Å². The Kier molecular flexibility index (Phi) is 2.34. The van der Waals surface area contributed by atoms with E-state index in [0.717, 1.165) is 10.9 Å². The second kappa shape index (κ2) is 3.30. The lowest BCUT2D eigenvalue weighted by Crippen LogP contribution is -2.28. The number of aromatic nitrogens is 1. The Hall–Kier alpha value is -0.900. The van der Waals surface area contributed by atoms with E-state index >= 15 is 0 Å². The minimum Gasteiger partial charge on any atom is -0.481 e. The summed E-state index contributed by atoms with van der Waals surface area (Å²) in [6, 6.07) is 0. The summed E-state index contributed by atoms with van der Waals surface area (Å²) in [5.74, 6) is 0.480. The Labute approximate surface area is 93.2 Å². The lowest BCUT2D eigenvalue weighted by atomic mass is 9.90. The van der Waals surface area contributed by atoms with Crippen molar-refractivity contribution in [3.8, 4) is 0 Å². The average molecular weight is 225 g/mol. The Morgan fingerprint density at radius 3 is 2.73 bits per heavy atom. The Balaban J connectivity index is 2.23. The largest absolute Gasteiger partial charge is 0.481 e. The topological polar surface area (TPSA) is 50.2 Å². The summed E-state index contributed by atoms with van der Waals surface area (Å²) >= 11 is 1.59. The van der Waals surface area contributed by atoms with Crippen LogP contribution < -0.4 is 0 Å². The molecule has 1 N–H and O–H groups in total. The molecule has 1 aromatic rings. The van der Waals surface area contributed by atoms with Gasteiger partial charge in [-0.1, -0.05) is 6.92 Å². The van der Waals surface area contributed by atoms with Crippen LogP contribution in [0, 0.1) is 5.92 Å². The van der Waals surface area contributed by atoms with Gasteiger partial charge < -0.3 is 5.11 Å². The first kappa shape index (κ1) is 10.6. The number of rotatable bonds is 3. The van der Waals surface area contributed by atoms with Crippen LogP contribution >= 0.6 is 11.3 Å². The quantitative estimate of drug-likeness (QED) is 0.860. The van der Waals surface area contributed by atoms with E-state index in [0.29, 0.717) is 11.6 Å². The number of carbonyl (C=O) groups is 1. The third-order valence-corrected chi connectivity index (χ3v) is 4.10. The van der Waals surface area contributed by atoms with Crippen LogP contribution in [-0.2, 0) is 10.2 Å². The van der Waals surface area contributed by atoms with E-state index < -0.39 is 11.4 Å². The first-order valence-electron chi connectivity index (χ1n) is 5.12. The highest BCUT2D eigenvalue weighted by Crippen LogP contribution is 2.48. The van der Waals surface area contributed by atoms with Gasteiger partial charge in [0.1, 0.15) is 5.41 Å². The summed E-state index contributed by atoms with van der Waals surface area (Å²) in [5, 5.41) is 12.1. The second-order valence-corrected chi connectivity index (χ2v) is 5.71. The monoisotopic (exact) mass is 225 g/mol.